The van der Waals surface area contributed by atoms with Gasteiger partial charge in [0.15, 0.2) is 18.5 Å². The lowest BCUT2D eigenvalue weighted by Crippen LogP contribution is -2.50. The Balaban J connectivity index is 2.31. The van der Waals surface area contributed by atoms with Gasteiger partial charge in [0.2, 0.25) is 0 Å². The van der Waals surface area contributed by atoms with E-state index in [-0.39, 0.29) is 17.6 Å². The van der Waals surface area contributed by atoms with Crippen molar-refractivity contribution < 1.29 is 23.8 Å². The number of nitrogens with two attached hydrogens (primary N) is 1. The highest BCUT2D eigenvalue weighted by molar-refractivity contribution is 6.18. The quantitative estimate of drug-likeness (QED) is 0.518. The summed E-state index contributed by atoms with van der Waals surface area (Å²) < 4.78 is 27.0. The zero-order valence-corrected chi connectivity index (χ0v) is 16.2. The molecule has 0 radical (unpaired) electrons. The van der Waals surface area contributed by atoms with Gasteiger partial charge in [-0.15, -0.1) is 11.6 Å². The van der Waals surface area contributed by atoms with Crippen molar-refractivity contribution in [3.05, 3.63) is 22.7 Å². The summed E-state index contributed by atoms with van der Waals surface area (Å²) in [5.74, 6) is -1.21. The van der Waals surface area contributed by atoms with Crippen LogP contribution in [0.1, 0.15) is 33.4 Å². The highest BCUT2D eigenvalue weighted by Crippen LogP contribution is 2.41. The van der Waals surface area contributed by atoms with Crippen molar-refractivity contribution in [1.29, 1.82) is 0 Å². The minimum atomic E-state index is -1.94. The van der Waals surface area contributed by atoms with Gasteiger partial charge in [0.25, 0.3) is 0 Å². The van der Waals surface area contributed by atoms with Crippen molar-refractivity contribution in [3.8, 4) is 0 Å². The fourth-order valence-corrected chi connectivity index (χ4v) is 3.44. The molecule has 0 amide bonds. The smallest absolute Gasteiger partial charge is 0.351 e. The molecular weight excluding hydrogens is 381 g/mol. The Morgan fingerprint density at radius 2 is 2.22 bits per heavy atom. The maximum Gasteiger partial charge on any atom is 0.351 e. The third-order valence-corrected chi connectivity index (χ3v) is 4.98. The number of hydrogen-bond acceptors (Lipinski definition) is 7. The van der Waals surface area contributed by atoms with Crippen LogP contribution < -0.4 is 11.4 Å². The number of anilines is 1. The van der Waals surface area contributed by atoms with Crippen molar-refractivity contribution in [2.45, 2.75) is 51.3 Å². The zero-order chi connectivity index (χ0) is 20.4. The highest BCUT2D eigenvalue weighted by Gasteiger charge is 2.58. The SMILES string of the molecule is CC(C)CC(C)C(=O)O[C@H]1[C@@H](F)[C@H](n2ccc(N)nc2=O)O[C@@]1(CO)CCl. The first-order valence-electron chi connectivity index (χ1n) is 8.69. The van der Waals surface area contributed by atoms with E-state index in [1.165, 1.54) is 12.3 Å². The number of esters is 1. The monoisotopic (exact) mass is 405 g/mol. The van der Waals surface area contributed by atoms with Gasteiger partial charge in [-0.3, -0.25) is 9.36 Å². The van der Waals surface area contributed by atoms with Crippen LogP contribution in [-0.2, 0) is 14.3 Å². The van der Waals surface area contributed by atoms with Crippen LogP contribution in [0.25, 0.3) is 0 Å². The Morgan fingerprint density at radius 3 is 2.74 bits per heavy atom. The average Bonchev–Trinajstić information content (AvgIpc) is 2.87. The second kappa shape index (κ2) is 8.53. The lowest BCUT2D eigenvalue weighted by Gasteiger charge is -2.30. The molecule has 1 saturated heterocycles. The number of alkyl halides is 2. The van der Waals surface area contributed by atoms with Crippen LogP contribution in [0, 0.1) is 11.8 Å². The van der Waals surface area contributed by atoms with Gasteiger partial charge in [-0.25, -0.2) is 9.18 Å². The van der Waals surface area contributed by atoms with E-state index in [2.05, 4.69) is 4.98 Å². The Labute approximate surface area is 161 Å². The number of halogens is 2. The van der Waals surface area contributed by atoms with E-state index < -0.39 is 48.3 Å². The van der Waals surface area contributed by atoms with Gasteiger partial charge in [-0.05, 0) is 18.4 Å². The van der Waals surface area contributed by atoms with E-state index in [1.54, 1.807) is 6.92 Å². The number of carbonyl (C=O) groups excluding carboxylic acids is 1. The van der Waals surface area contributed by atoms with Crippen molar-refractivity contribution in [2.24, 2.45) is 11.8 Å². The van der Waals surface area contributed by atoms with Crippen LogP contribution in [0.15, 0.2) is 17.1 Å². The first-order chi connectivity index (χ1) is 12.6. The molecule has 0 aliphatic carbocycles. The number of aromatic nitrogens is 2. The summed E-state index contributed by atoms with van der Waals surface area (Å²) >= 11 is 5.92. The second-order valence-corrected chi connectivity index (χ2v) is 7.51. The number of ether oxygens (including phenoxy) is 2. The van der Waals surface area contributed by atoms with Gasteiger partial charge < -0.3 is 20.3 Å². The molecule has 1 aliphatic heterocycles. The molecule has 0 saturated carbocycles. The third-order valence-electron chi connectivity index (χ3n) is 4.53. The number of nitrogens with zero attached hydrogens (tertiary/aromatic N) is 2. The Morgan fingerprint density at radius 1 is 1.56 bits per heavy atom. The Kier molecular flexibility index (Phi) is 6.82. The molecule has 1 unspecified atom stereocenters. The molecule has 0 bridgehead atoms. The molecule has 1 aromatic heterocycles. The minimum absolute atomic E-state index is 0.0269. The zero-order valence-electron chi connectivity index (χ0n) is 15.5. The van der Waals surface area contributed by atoms with Crippen LogP contribution in [0.2, 0.25) is 0 Å². The van der Waals surface area contributed by atoms with E-state index in [0.29, 0.717) is 6.42 Å². The number of rotatable bonds is 7. The van der Waals surface area contributed by atoms with Crippen LogP contribution in [0.4, 0.5) is 10.2 Å². The van der Waals surface area contributed by atoms with Gasteiger partial charge in [0.1, 0.15) is 11.4 Å². The van der Waals surface area contributed by atoms with Crippen molar-refractivity contribution >= 4 is 23.4 Å². The van der Waals surface area contributed by atoms with E-state index in [1.807, 2.05) is 13.8 Å². The molecule has 1 fully saturated rings. The largest absolute Gasteiger partial charge is 0.456 e. The fourth-order valence-electron chi connectivity index (χ4n) is 3.14. The number of aliphatic hydroxyl groups is 1. The summed E-state index contributed by atoms with van der Waals surface area (Å²) in [6, 6.07) is 1.31. The molecular formula is C17H25ClFN3O5. The van der Waals surface area contributed by atoms with Crippen molar-refractivity contribution in [3.63, 3.8) is 0 Å². The molecule has 0 spiro atoms. The van der Waals surface area contributed by atoms with Crippen molar-refractivity contribution in [2.75, 3.05) is 18.2 Å². The average molecular weight is 406 g/mol. The maximum atomic E-state index is 15.2. The minimum Gasteiger partial charge on any atom is -0.456 e. The topological polar surface area (TPSA) is 117 Å². The van der Waals surface area contributed by atoms with E-state index >= 15 is 4.39 Å². The number of aliphatic hydroxyl groups excluding tert-OH is 1. The normalized spacial score (nSPS) is 29.1. The van der Waals surface area contributed by atoms with Gasteiger partial charge in [0.05, 0.1) is 18.4 Å². The van der Waals surface area contributed by atoms with Gasteiger partial charge in [-0.2, -0.15) is 4.98 Å². The fraction of sp³-hybridized carbons (Fsp3) is 0.706. The summed E-state index contributed by atoms with van der Waals surface area (Å²) in [5, 5.41) is 9.79. The lowest BCUT2D eigenvalue weighted by atomic mass is 9.96. The van der Waals surface area contributed by atoms with Crippen LogP contribution in [0.3, 0.4) is 0 Å². The standard InChI is InChI=1S/C17H25ClFN3O5/c1-9(2)6-10(3)15(24)26-13-12(19)14(27-17(13,7-18)8-23)22-5-4-11(20)21-16(22)25/h4-5,9-10,12-14,23H,6-8H2,1-3H3,(H2,20,21,25)/t10?,12-,13+,14-,17-/m1/s1. The summed E-state index contributed by atoms with van der Waals surface area (Å²) in [4.78, 5) is 28.0. The molecule has 3 N–H and O–H groups in total. The van der Waals surface area contributed by atoms with E-state index in [0.717, 1.165) is 4.57 Å². The number of hydrogen-bond donors (Lipinski definition) is 2. The molecule has 2 heterocycles. The van der Waals surface area contributed by atoms with Gasteiger partial charge in [0, 0.05) is 6.20 Å². The Hall–Kier alpha value is -1.71. The molecule has 152 valence electrons. The summed E-state index contributed by atoms with van der Waals surface area (Å²) in [6.07, 6.45) is -3.09. The van der Waals surface area contributed by atoms with Crippen LogP contribution in [0.5, 0.6) is 0 Å². The first kappa shape index (κ1) is 21.6. The van der Waals surface area contributed by atoms with E-state index in [9.17, 15) is 14.7 Å². The van der Waals surface area contributed by atoms with Gasteiger partial charge in [-0.1, -0.05) is 20.8 Å². The summed E-state index contributed by atoms with van der Waals surface area (Å²) in [6.45, 7) is 4.89. The predicted octanol–water partition coefficient (Wildman–Crippen LogP) is 1.26. The first-order valence-corrected chi connectivity index (χ1v) is 9.22. The predicted molar refractivity (Wildman–Crippen MR) is 97.0 cm³/mol. The molecule has 1 aromatic rings. The molecule has 8 nitrogen and oxygen atoms in total. The molecule has 5 atom stereocenters. The summed E-state index contributed by atoms with van der Waals surface area (Å²) in [5.41, 5.74) is 2.93. The van der Waals surface area contributed by atoms with Gasteiger partial charge >= 0.3 is 11.7 Å². The lowest BCUT2D eigenvalue weighted by molar-refractivity contribution is -0.169. The third kappa shape index (κ3) is 4.41. The Bertz CT molecular complexity index is 725. The molecule has 27 heavy (non-hydrogen) atoms. The second-order valence-electron chi connectivity index (χ2n) is 7.24. The van der Waals surface area contributed by atoms with E-state index in [4.69, 9.17) is 26.8 Å². The number of carbonyl (C=O) groups is 1. The van der Waals surface area contributed by atoms with Crippen LogP contribution >= 0.6 is 11.6 Å². The highest BCUT2D eigenvalue weighted by atomic mass is 35.5. The summed E-state index contributed by atoms with van der Waals surface area (Å²) in [7, 11) is 0. The molecule has 2 rings (SSSR count). The molecule has 0 aromatic carbocycles. The van der Waals surface area contributed by atoms with Crippen LogP contribution in [-0.4, -0.2) is 51.0 Å². The molecule has 10 heteroatoms. The van der Waals surface area contributed by atoms with Crippen molar-refractivity contribution in [1.82, 2.24) is 9.55 Å². The maximum absolute atomic E-state index is 15.2. The number of nitrogen functional groups attached to an aromatic ring is 1. The molecule has 1 aliphatic rings.